The first-order chi connectivity index (χ1) is 48.7. The van der Waals surface area contributed by atoms with Crippen LogP contribution < -0.4 is 0 Å². The van der Waals surface area contributed by atoms with Crippen LogP contribution in [0.1, 0.15) is 349 Å². The molecule has 0 aromatic carbocycles. The van der Waals surface area contributed by atoms with Gasteiger partial charge >= 0.3 is 39.5 Å². The number of unbranched alkanes of at least 4 members (excludes halogenated alkanes) is 35. The number of hydrogen-bond donors (Lipinski definition) is 3. The van der Waals surface area contributed by atoms with Crippen molar-refractivity contribution in [3.63, 3.8) is 0 Å². The monoisotopic (exact) mass is 1450 g/mol. The molecule has 3 N–H and O–H groups in total. The number of aliphatic hydroxyl groups excluding tert-OH is 1. The van der Waals surface area contributed by atoms with Crippen LogP contribution in [0.5, 0.6) is 0 Å². The second-order valence-electron chi connectivity index (χ2n) is 26.6. The predicted molar refractivity (Wildman–Crippen MR) is 409 cm³/mol. The highest BCUT2D eigenvalue weighted by Gasteiger charge is 2.30. The molecule has 0 aromatic rings. The molecule has 0 amide bonds. The Morgan fingerprint density at radius 3 is 0.820 bits per heavy atom. The lowest BCUT2D eigenvalue weighted by atomic mass is 10.1. The molecule has 17 nitrogen and oxygen atoms in total. The quantitative estimate of drug-likeness (QED) is 0.0169. The van der Waals surface area contributed by atoms with E-state index in [9.17, 15) is 43.2 Å². The van der Waals surface area contributed by atoms with Crippen LogP contribution >= 0.6 is 15.6 Å². The predicted octanol–water partition coefficient (Wildman–Crippen LogP) is 23.0. The molecule has 0 fully saturated rings. The molecule has 0 rings (SSSR count). The summed E-state index contributed by atoms with van der Waals surface area (Å²) in [5, 5.41) is 10.6. The van der Waals surface area contributed by atoms with Crippen LogP contribution in [0.2, 0.25) is 0 Å². The fourth-order valence-corrected chi connectivity index (χ4v) is 12.3. The van der Waals surface area contributed by atoms with Crippen LogP contribution in [0.15, 0.2) is 85.1 Å². The van der Waals surface area contributed by atoms with Gasteiger partial charge < -0.3 is 33.8 Å². The van der Waals surface area contributed by atoms with Crippen LogP contribution in [0.3, 0.4) is 0 Å². The summed E-state index contributed by atoms with van der Waals surface area (Å²) in [7, 11) is -9.96. The van der Waals surface area contributed by atoms with Gasteiger partial charge in [-0.3, -0.25) is 37.3 Å². The Balaban J connectivity index is 5.36. The van der Waals surface area contributed by atoms with Crippen molar-refractivity contribution in [3.05, 3.63) is 85.1 Å². The Labute approximate surface area is 608 Å². The third-order valence-corrected chi connectivity index (χ3v) is 18.7. The van der Waals surface area contributed by atoms with Crippen LogP contribution in [0, 0.1) is 0 Å². The minimum absolute atomic E-state index is 0.0800. The molecular formula is C81H144O17P2. The van der Waals surface area contributed by atoms with Gasteiger partial charge in [0.05, 0.1) is 26.4 Å². The maximum atomic E-state index is 13.1. The first-order valence-corrected chi connectivity index (χ1v) is 42.8. The van der Waals surface area contributed by atoms with E-state index in [1.807, 2.05) is 0 Å². The van der Waals surface area contributed by atoms with Crippen LogP contribution in [0.4, 0.5) is 0 Å². The molecule has 0 saturated carbocycles. The Kier molecular flexibility index (Phi) is 70.8. The smallest absolute Gasteiger partial charge is 0.462 e. The zero-order chi connectivity index (χ0) is 73.2. The van der Waals surface area contributed by atoms with Crippen molar-refractivity contribution in [1.82, 2.24) is 0 Å². The molecule has 0 bridgehead atoms. The minimum Gasteiger partial charge on any atom is -0.462 e. The van der Waals surface area contributed by atoms with Gasteiger partial charge in [0.15, 0.2) is 12.2 Å². The third-order valence-electron chi connectivity index (χ3n) is 16.8. The number of phosphoric ester groups is 2. The van der Waals surface area contributed by atoms with Gasteiger partial charge in [0, 0.05) is 25.7 Å². The van der Waals surface area contributed by atoms with E-state index in [2.05, 4.69) is 113 Å². The van der Waals surface area contributed by atoms with Gasteiger partial charge in [-0.1, -0.05) is 267 Å². The largest absolute Gasteiger partial charge is 0.472 e. The zero-order valence-electron chi connectivity index (χ0n) is 63.4. The molecule has 0 spiro atoms. The van der Waals surface area contributed by atoms with Crippen LogP contribution in [-0.2, 0) is 65.4 Å². The summed E-state index contributed by atoms with van der Waals surface area (Å²) in [6.07, 6.45) is 75.6. The molecule has 580 valence electrons. The third kappa shape index (κ3) is 72.6. The van der Waals surface area contributed by atoms with Crippen molar-refractivity contribution in [2.45, 2.75) is 367 Å². The Bertz CT molecular complexity index is 2230. The molecule has 19 heteroatoms. The second-order valence-corrected chi connectivity index (χ2v) is 29.5. The van der Waals surface area contributed by atoms with Gasteiger partial charge in [-0.2, -0.15) is 0 Å². The number of carbonyl (C=O) groups excluding carboxylic acids is 4. The highest BCUT2D eigenvalue weighted by Crippen LogP contribution is 2.45. The second kappa shape index (κ2) is 73.5. The highest BCUT2D eigenvalue weighted by molar-refractivity contribution is 7.47. The number of allylic oxidation sites excluding steroid dienone is 14. The fourth-order valence-electron chi connectivity index (χ4n) is 10.7. The fraction of sp³-hybridized carbons (Fsp3) is 0.778. The molecule has 0 aliphatic heterocycles. The zero-order valence-corrected chi connectivity index (χ0v) is 65.2. The van der Waals surface area contributed by atoms with Gasteiger partial charge in [-0.15, -0.1) is 0 Å². The first-order valence-electron chi connectivity index (χ1n) is 39.8. The van der Waals surface area contributed by atoms with Gasteiger partial charge in [-0.05, 0) is 141 Å². The van der Waals surface area contributed by atoms with E-state index in [0.29, 0.717) is 25.7 Å². The normalized spacial score (nSPS) is 14.3. The Hall–Kier alpha value is -3.76. The van der Waals surface area contributed by atoms with Crippen molar-refractivity contribution >= 4 is 39.5 Å². The number of hydrogen-bond acceptors (Lipinski definition) is 15. The average Bonchev–Trinajstić information content (AvgIpc) is 0.965. The van der Waals surface area contributed by atoms with E-state index in [1.54, 1.807) is 0 Å². The lowest BCUT2D eigenvalue weighted by Crippen LogP contribution is -2.30. The maximum Gasteiger partial charge on any atom is 0.472 e. The van der Waals surface area contributed by atoms with E-state index in [-0.39, 0.29) is 25.7 Å². The summed E-state index contributed by atoms with van der Waals surface area (Å²) in [5.74, 6) is -2.21. The van der Waals surface area contributed by atoms with Gasteiger partial charge in [0.2, 0.25) is 0 Å². The van der Waals surface area contributed by atoms with Gasteiger partial charge in [-0.25, -0.2) is 9.13 Å². The molecule has 0 heterocycles. The van der Waals surface area contributed by atoms with Crippen molar-refractivity contribution < 1.29 is 80.2 Å². The lowest BCUT2D eigenvalue weighted by Gasteiger charge is -2.21. The van der Waals surface area contributed by atoms with Crippen molar-refractivity contribution in [2.24, 2.45) is 0 Å². The SMILES string of the molecule is CC/C=C\C/C=C\C/C=C\C/C=C\CCCCCCC(=O)OCC(COP(=O)(O)OCC(O)COP(=O)(O)OCC(COC(=O)CCCCCCC/C=C\CCCCCCCC)OC(=O)CCCCCCC/C=C\CCCCCCCC)OC(=O)CCCCCCC/C=C\CCCCCC. The maximum absolute atomic E-state index is 13.1. The molecule has 0 aromatic heterocycles. The summed E-state index contributed by atoms with van der Waals surface area (Å²) in [5.41, 5.74) is 0. The molecule has 5 atom stereocenters. The first kappa shape index (κ1) is 96.2. The number of carbonyl (C=O) groups is 4. The van der Waals surface area contributed by atoms with E-state index in [0.717, 1.165) is 167 Å². The van der Waals surface area contributed by atoms with E-state index in [4.69, 9.17) is 37.0 Å². The van der Waals surface area contributed by atoms with Gasteiger partial charge in [0.25, 0.3) is 0 Å². The van der Waals surface area contributed by atoms with E-state index >= 15 is 0 Å². The molecule has 0 radical (unpaired) electrons. The minimum atomic E-state index is -4.98. The van der Waals surface area contributed by atoms with Crippen molar-refractivity contribution in [1.29, 1.82) is 0 Å². The van der Waals surface area contributed by atoms with Crippen molar-refractivity contribution in [2.75, 3.05) is 39.6 Å². The number of rotatable bonds is 75. The number of phosphoric acid groups is 2. The summed E-state index contributed by atoms with van der Waals surface area (Å²) in [4.78, 5) is 72.9. The summed E-state index contributed by atoms with van der Waals surface area (Å²) >= 11 is 0. The Morgan fingerprint density at radius 2 is 0.520 bits per heavy atom. The molecule has 0 aliphatic rings. The molecule has 0 saturated heterocycles. The topological polar surface area (TPSA) is 237 Å². The molecule has 100 heavy (non-hydrogen) atoms. The van der Waals surface area contributed by atoms with Crippen LogP contribution in [0.25, 0.3) is 0 Å². The lowest BCUT2D eigenvalue weighted by molar-refractivity contribution is -0.161. The van der Waals surface area contributed by atoms with E-state index < -0.39 is 97.5 Å². The number of aliphatic hydroxyl groups is 1. The summed E-state index contributed by atoms with van der Waals surface area (Å²) < 4.78 is 68.6. The van der Waals surface area contributed by atoms with Crippen LogP contribution in [-0.4, -0.2) is 96.7 Å². The summed E-state index contributed by atoms with van der Waals surface area (Å²) in [6.45, 7) is 4.73. The summed E-state index contributed by atoms with van der Waals surface area (Å²) in [6, 6.07) is 0. The number of ether oxygens (including phenoxy) is 4. The van der Waals surface area contributed by atoms with Crippen molar-refractivity contribution in [3.8, 4) is 0 Å². The highest BCUT2D eigenvalue weighted by atomic mass is 31.2. The standard InChI is InChI=1S/C81H144O17P2/c1-5-9-13-17-21-25-29-33-36-37-40-43-46-50-54-58-62-66-79(84)92-71-76(97-80(85)67-63-59-55-51-47-41-32-28-24-20-16-12-8-4)73-95-99(87,88)93-69-75(82)70-94-100(89,90)96-74-77(98-81(86)68-64-60-56-52-48-44-39-35-31-27-23-19-15-11-7-3)72-91-78(83)65-61-57-53-49-45-42-38-34-30-26-22-18-14-10-6-2/h9,13,21,25,28,32-36,38-40,43,75-77,82H,5-8,10-12,14-20,22-24,26-27,29-31,37,41-42,44-74H2,1-4H3,(H,87,88)(H,89,90)/b13-9-,25-21-,32-28-,36-33-,38-34-,39-35-,43-40-. The Morgan fingerprint density at radius 1 is 0.290 bits per heavy atom. The number of esters is 4. The van der Waals surface area contributed by atoms with E-state index in [1.165, 1.54) is 103 Å². The van der Waals surface area contributed by atoms with Gasteiger partial charge in [0.1, 0.15) is 19.3 Å². The molecule has 0 aliphatic carbocycles. The molecule has 5 unspecified atom stereocenters. The average molecular weight is 1450 g/mol. The molecular weight excluding hydrogens is 1310 g/mol.